The largest absolute Gasteiger partial charge is 0.355 e. The Morgan fingerprint density at radius 2 is 2.00 bits per heavy atom. The predicted molar refractivity (Wildman–Crippen MR) is 64.7 cm³/mol. The quantitative estimate of drug-likeness (QED) is 0.790. The number of piperidine rings is 1. The van der Waals surface area contributed by atoms with Crippen LogP contribution < -0.4 is 10.6 Å². The van der Waals surface area contributed by atoms with Gasteiger partial charge in [-0.05, 0) is 43.5 Å². The molecule has 0 aromatic heterocycles. The van der Waals surface area contributed by atoms with Gasteiger partial charge in [-0.3, -0.25) is 4.79 Å². The highest BCUT2D eigenvalue weighted by atomic mass is 16.1. The minimum Gasteiger partial charge on any atom is -0.355 e. The maximum atomic E-state index is 11.8. The molecule has 1 aromatic rings. The Bertz CT molecular complexity index is 370. The molecule has 1 heterocycles. The third-order valence-corrected chi connectivity index (χ3v) is 3.21. The topological polar surface area (TPSA) is 41.1 Å². The summed E-state index contributed by atoms with van der Waals surface area (Å²) in [6.45, 7) is 2.10. The summed E-state index contributed by atoms with van der Waals surface area (Å²) in [5.74, 6) is 0.545. The van der Waals surface area contributed by atoms with Crippen molar-refractivity contribution in [1.29, 1.82) is 0 Å². The number of hydrogen-bond donors (Lipinski definition) is 2. The number of rotatable bonds is 2. The van der Waals surface area contributed by atoms with Crippen LogP contribution in [0.2, 0.25) is 0 Å². The fourth-order valence-corrected chi connectivity index (χ4v) is 2.33. The monoisotopic (exact) mass is 218 g/mol. The van der Waals surface area contributed by atoms with Crippen molar-refractivity contribution in [3.05, 3.63) is 35.4 Å². The van der Waals surface area contributed by atoms with Crippen LogP contribution in [0.15, 0.2) is 24.3 Å². The first-order valence-corrected chi connectivity index (χ1v) is 5.84. The Labute approximate surface area is 96.2 Å². The van der Waals surface area contributed by atoms with E-state index in [2.05, 4.69) is 16.7 Å². The average molecular weight is 218 g/mol. The molecule has 3 heteroatoms. The lowest BCUT2D eigenvalue weighted by atomic mass is 9.87. The lowest BCUT2D eigenvalue weighted by Crippen LogP contribution is -2.28. The molecule has 0 radical (unpaired) electrons. The zero-order chi connectivity index (χ0) is 11.4. The lowest BCUT2D eigenvalue weighted by Gasteiger charge is -2.24. The first-order chi connectivity index (χ1) is 7.83. The normalized spacial score (nSPS) is 17.1. The maximum Gasteiger partial charge on any atom is 0.251 e. The van der Waals surface area contributed by atoms with Gasteiger partial charge in [0.15, 0.2) is 0 Å². The van der Waals surface area contributed by atoms with E-state index in [0.29, 0.717) is 5.92 Å². The number of amides is 1. The van der Waals surface area contributed by atoms with E-state index in [1.807, 2.05) is 18.2 Å². The molecule has 1 aliphatic heterocycles. The smallest absolute Gasteiger partial charge is 0.251 e. The second-order valence-electron chi connectivity index (χ2n) is 4.19. The van der Waals surface area contributed by atoms with Gasteiger partial charge in [-0.2, -0.15) is 0 Å². The second kappa shape index (κ2) is 5.12. The van der Waals surface area contributed by atoms with Crippen molar-refractivity contribution in [2.24, 2.45) is 0 Å². The summed E-state index contributed by atoms with van der Waals surface area (Å²) in [5, 5.41) is 6.05. The summed E-state index contributed by atoms with van der Waals surface area (Å²) < 4.78 is 0. The molecule has 0 saturated carbocycles. The van der Waals surface area contributed by atoms with E-state index in [4.69, 9.17) is 0 Å². The standard InChI is InChI=1S/C13H18N2O/c1-14-13(16)12-5-3-2-4-11(12)10-6-8-15-9-7-10/h2-5,10,15H,6-9H2,1H3,(H,14,16). The van der Waals surface area contributed by atoms with Crippen LogP contribution in [0, 0.1) is 0 Å². The summed E-state index contributed by atoms with van der Waals surface area (Å²) in [4.78, 5) is 11.8. The number of benzene rings is 1. The average Bonchev–Trinajstić information content (AvgIpc) is 2.39. The molecule has 1 fully saturated rings. The Balaban J connectivity index is 2.28. The van der Waals surface area contributed by atoms with E-state index in [1.54, 1.807) is 7.05 Å². The third-order valence-electron chi connectivity index (χ3n) is 3.21. The first-order valence-electron chi connectivity index (χ1n) is 5.84. The van der Waals surface area contributed by atoms with Crippen LogP contribution in [0.4, 0.5) is 0 Å². The van der Waals surface area contributed by atoms with Gasteiger partial charge in [0.1, 0.15) is 0 Å². The SMILES string of the molecule is CNC(=O)c1ccccc1C1CCNCC1. The summed E-state index contributed by atoms with van der Waals surface area (Å²) in [5.41, 5.74) is 2.03. The van der Waals surface area contributed by atoms with E-state index in [-0.39, 0.29) is 5.91 Å². The van der Waals surface area contributed by atoms with Gasteiger partial charge in [0, 0.05) is 12.6 Å². The Morgan fingerprint density at radius 1 is 1.31 bits per heavy atom. The molecular formula is C13H18N2O. The minimum absolute atomic E-state index is 0.0223. The first kappa shape index (κ1) is 11.1. The second-order valence-corrected chi connectivity index (χ2v) is 4.19. The molecule has 1 amide bonds. The Hall–Kier alpha value is -1.35. The van der Waals surface area contributed by atoms with Gasteiger partial charge in [-0.1, -0.05) is 18.2 Å². The molecule has 2 rings (SSSR count). The van der Waals surface area contributed by atoms with Gasteiger partial charge >= 0.3 is 0 Å². The lowest BCUT2D eigenvalue weighted by molar-refractivity contribution is 0.0961. The number of nitrogens with one attached hydrogen (secondary N) is 2. The molecule has 16 heavy (non-hydrogen) atoms. The van der Waals surface area contributed by atoms with Crippen molar-refractivity contribution in [3.8, 4) is 0 Å². The molecule has 1 aromatic carbocycles. The molecule has 86 valence electrons. The summed E-state index contributed by atoms with van der Waals surface area (Å²) in [6.07, 6.45) is 2.24. The molecule has 1 saturated heterocycles. The molecular weight excluding hydrogens is 200 g/mol. The van der Waals surface area contributed by atoms with Gasteiger partial charge in [0.2, 0.25) is 0 Å². The maximum absolute atomic E-state index is 11.8. The van der Waals surface area contributed by atoms with Crippen LogP contribution in [-0.4, -0.2) is 26.0 Å². The Morgan fingerprint density at radius 3 is 2.69 bits per heavy atom. The fourth-order valence-electron chi connectivity index (χ4n) is 2.33. The van der Waals surface area contributed by atoms with E-state index in [1.165, 1.54) is 5.56 Å². The molecule has 2 N–H and O–H groups in total. The Kier molecular flexibility index (Phi) is 3.57. The summed E-state index contributed by atoms with van der Waals surface area (Å²) >= 11 is 0. The van der Waals surface area contributed by atoms with Crippen LogP contribution >= 0.6 is 0 Å². The van der Waals surface area contributed by atoms with Crippen LogP contribution in [0.25, 0.3) is 0 Å². The number of carbonyl (C=O) groups is 1. The van der Waals surface area contributed by atoms with Gasteiger partial charge < -0.3 is 10.6 Å². The molecule has 0 aliphatic carbocycles. The molecule has 3 nitrogen and oxygen atoms in total. The van der Waals surface area contributed by atoms with E-state index < -0.39 is 0 Å². The van der Waals surface area contributed by atoms with Crippen molar-refractivity contribution in [2.75, 3.05) is 20.1 Å². The number of hydrogen-bond acceptors (Lipinski definition) is 2. The summed E-state index contributed by atoms with van der Waals surface area (Å²) in [7, 11) is 1.68. The summed E-state index contributed by atoms with van der Waals surface area (Å²) in [6, 6.07) is 7.94. The van der Waals surface area contributed by atoms with E-state index >= 15 is 0 Å². The van der Waals surface area contributed by atoms with Crippen molar-refractivity contribution in [2.45, 2.75) is 18.8 Å². The minimum atomic E-state index is 0.0223. The van der Waals surface area contributed by atoms with E-state index in [9.17, 15) is 4.79 Å². The van der Waals surface area contributed by atoms with Crippen LogP contribution in [-0.2, 0) is 0 Å². The number of carbonyl (C=O) groups excluding carboxylic acids is 1. The molecule has 0 unspecified atom stereocenters. The predicted octanol–water partition coefficient (Wildman–Crippen LogP) is 1.51. The van der Waals surface area contributed by atoms with Crippen molar-refractivity contribution in [1.82, 2.24) is 10.6 Å². The van der Waals surface area contributed by atoms with Crippen LogP contribution in [0.1, 0.15) is 34.7 Å². The fraction of sp³-hybridized carbons (Fsp3) is 0.462. The van der Waals surface area contributed by atoms with Crippen molar-refractivity contribution < 1.29 is 4.79 Å². The van der Waals surface area contributed by atoms with Crippen LogP contribution in [0.3, 0.4) is 0 Å². The van der Waals surface area contributed by atoms with Gasteiger partial charge in [0.25, 0.3) is 5.91 Å². The highest BCUT2D eigenvalue weighted by Crippen LogP contribution is 2.27. The van der Waals surface area contributed by atoms with Crippen molar-refractivity contribution >= 4 is 5.91 Å². The molecule has 0 atom stereocenters. The van der Waals surface area contributed by atoms with Crippen LogP contribution in [0.5, 0.6) is 0 Å². The van der Waals surface area contributed by atoms with Gasteiger partial charge in [-0.15, -0.1) is 0 Å². The third kappa shape index (κ3) is 2.25. The zero-order valence-electron chi connectivity index (χ0n) is 9.62. The molecule has 0 bridgehead atoms. The molecule has 0 spiro atoms. The van der Waals surface area contributed by atoms with E-state index in [0.717, 1.165) is 31.5 Å². The van der Waals surface area contributed by atoms with Gasteiger partial charge in [0.05, 0.1) is 0 Å². The van der Waals surface area contributed by atoms with Gasteiger partial charge in [-0.25, -0.2) is 0 Å². The van der Waals surface area contributed by atoms with Crippen molar-refractivity contribution in [3.63, 3.8) is 0 Å². The highest BCUT2D eigenvalue weighted by molar-refractivity contribution is 5.95. The highest BCUT2D eigenvalue weighted by Gasteiger charge is 2.20. The molecule has 1 aliphatic rings. The zero-order valence-corrected chi connectivity index (χ0v) is 9.62.